The second-order valence-corrected chi connectivity index (χ2v) is 4.63. The van der Waals surface area contributed by atoms with Crippen molar-refractivity contribution in [1.82, 2.24) is 14.9 Å². The van der Waals surface area contributed by atoms with Crippen LogP contribution in [0.15, 0.2) is 18.6 Å². The highest BCUT2D eigenvalue weighted by Gasteiger charge is 2.53. The van der Waals surface area contributed by atoms with Gasteiger partial charge in [0.25, 0.3) is 5.91 Å². The van der Waals surface area contributed by atoms with Crippen molar-refractivity contribution in [2.24, 2.45) is 5.92 Å². The third-order valence-electron chi connectivity index (χ3n) is 3.34. The predicted octanol–water partition coefficient (Wildman–Crippen LogP) is 0.0735. The summed E-state index contributed by atoms with van der Waals surface area (Å²) in [6.45, 7) is 0.875. The van der Waals surface area contributed by atoms with E-state index in [1.807, 2.05) is 0 Å². The van der Waals surface area contributed by atoms with Gasteiger partial charge in [-0.25, -0.2) is 4.98 Å². The number of hydrogen-bond acceptors (Lipinski definition) is 4. The van der Waals surface area contributed by atoms with E-state index in [2.05, 4.69) is 9.97 Å². The van der Waals surface area contributed by atoms with Crippen molar-refractivity contribution in [2.75, 3.05) is 13.1 Å². The SMILES string of the molecule is O=C(c1cnccn1)N1CC(O)(C2CC2)C1. The molecule has 5 nitrogen and oxygen atoms in total. The van der Waals surface area contributed by atoms with Gasteiger partial charge in [0.05, 0.1) is 19.3 Å². The molecule has 16 heavy (non-hydrogen) atoms. The van der Waals surface area contributed by atoms with Crippen LogP contribution in [0.3, 0.4) is 0 Å². The lowest BCUT2D eigenvalue weighted by Crippen LogP contribution is -2.64. The number of β-amino-alcohol motifs (C(OH)–C–C–N with tert-alkyl or cyclic N) is 1. The summed E-state index contributed by atoms with van der Waals surface area (Å²) in [6, 6.07) is 0. The number of rotatable bonds is 2. The van der Waals surface area contributed by atoms with Crippen molar-refractivity contribution in [2.45, 2.75) is 18.4 Å². The van der Waals surface area contributed by atoms with E-state index in [4.69, 9.17) is 0 Å². The second kappa shape index (κ2) is 3.25. The molecule has 0 aromatic carbocycles. The standard InChI is InChI=1S/C11H13N3O2/c15-10(9-5-12-3-4-13-9)14-6-11(16,7-14)8-1-2-8/h3-5,8,16H,1-2,6-7H2. The van der Waals surface area contributed by atoms with Crippen LogP contribution in [0.5, 0.6) is 0 Å². The van der Waals surface area contributed by atoms with Crippen molar-refractivity contribution in [1.29, 1.82) is 0 Å². The molecule has 2 aliphatic rings. The van der Waals surface area contributed by atoms with E-state index in [1.54, 1.807) is 4.90 Å². The zero-order valence-electron chi connectivity index (χ0n) is 8.83. The van der Waals surface area contributed by atoms with E-state index in [9.17, 15) is 9.90 Å². The van der Waals surface area contributed by atoms with E-state index < -0.39 is 5.60 Å². The van der Waals surface area contributed by atoms with Gasteiger partial charge in [-0.2, -0.15) is 0 Å². The van der Waals surface area contributed by atoms with Crippen molar-refractivity contribution in [3.63, 3.8) is 0 Å². The summed E-state index contributed by atoms with van der Waals surface area (Å²) in [5.41, 5.74) is -0.280. The van der Waals surface area contributed by atoms with Gasteiger partial charge in [0, 0.05) is 12.4 Å². The maximum Gasteiger partial charge on any atom is 0.274 e. The number of likely N-dealkylation sites (tertiary alicyclic amines) is 1. The van der Waals surface area contributed by atoms with Crippen LogP contribution in [0.2, 0.25) is 0 Å². The maximum atomic E-state index is 11.9. The third kappa shape index (κ3) is 1.48. The predicted molar refractivity (Wildman–Crippen MR) is 55.6 cm³/mol. The van der Waals surface area contributed by atoms with Crippen LogP contribution in [0.4, 0.5) is 0 Å². The van der Waals surface area contributed by atoms with Gasteiger partial charge in [0.15, 0.2) is 0 Å². The monoisotopic (exact) mass is 219 g/mol. The number of carbonyl (C=O) groups is 1. The molecule has 1 saturated carbocycles. The van der Waals surface area contributed by atoms with Gasteiger partial charge >= 0.3 is 0 Å². The summed E-state index contributed by atoms with van der Waals surface area (Å²) in [6.07, 6.45) is 6.66. The molecule has 0 atom stereocenters. The van der Waals surface area contributed by atoms with Gasteiger partial charge in [0.1, 0.15) is 11.3 Å². The second-order valence-electron chi connectivity index (χ2n) is 4.63. The molecule has 5 heteroatoms. The number of aromatic nitrogens is 2. The van der Waals surface area contributed by atoms with Crippen LogP contribution in [0, 0.1) is 5.92 Å². The third-order valence-corrected chi connectivity index (χ3v) is 3.34. The molecule has 1 amide bonds. The van der Waals surface area contributed by atoms with E-state index in [0.29, 0.717) is 24.7 Å². The average molecular weight is 219 g/mol. The molecule has 2 heterocycles. The topological polar surface area (TPSA) is 66.3 Å². The maximum absolute atomic E-state index is 11.9. The summed E-state index contributed by atoms with van der Waals surface area (Å²) < 4.78 is 0. The summed E-state index contributed by atoms with van der Waals surface area (Å²) in [7, 11) is 0. The Morgan fingerprint density at radius 3 is 2.75 bits per heavy atom. The van der Waals surface area contributed by atoms with Crippen molar-refractivity contribution in [3.8, 4) is 0 Å². The zero-order chi connectivity index (χ0) is 11.2. The number of nitrogens with zero attached hydrogens (tertiary/aromatic N) is 3. The first kappa shape index (κ1) is 9.72. The molecule has 84 valence electrons. The summed E-state index contributed by atoms with van der Waals surface area (Å²) in [5.74, 6) is 0.261. The van der Waals surface area contributed by atoms with Crippen LogP contribution >= 0.6 is 0 Å². The minimum Gasteiger partial charge on any atom is -0.386 e. The van der Waals surface area contributed by atoms with Crippen molar-refractivity contribution in [3.05, 3.63) is 24.3 Å². The fourth-order valence-corrected chi connectivity index (χ4v) is 2.21. The molecule has 1 aliphatic heterocycles. The molecular formula is C11H13N3O2. The highest BCUT2D eigenvalue weighted by atomic mass is 16.3. The van der Waals surface area contributed by atoms with Gasteiger partial charge in [-0.3, -0.25) is 9.78 Å². The van der Waals surface area contributed by atoms with E-state index in [0.717, 1.165) is 12.8 Å². The molecule has 1 aromatic rings. The number of aliphatic hydroxyl groups is 1. The van der Waals surface area contributed by atoms with Crippen molar-refractivity contribution < 1.29 is 9.90 Å². The molecule has 0 spiro atoms. The van der Waals surface area contributed by atoms with Crippen LogP contribution in [0.1, 0.15) is 23.3 Å². The normalized spacial score (nSPS) is 22.7. The first-order chi connectivity index (χ1) is 7.69. The van der Waals surface area contributed by atoms with Gasteiger partial charge in [0.2, 0.25) is 0 Å². The fraction of sp³-hybridized carbons (Fsp3) is 0.545. The summed E-state index contributed by atoms with van der Waals surface area (Å²) in [4.78, 5) is 21.3. The van der Waals surface area contributed by atoms with Gasteiger partial charge < -0.3 is 10.0 Å². The van der Waals surface area contributed by atoms with Gasteiger partial charge in [-0.15, -0.1) is 0 Å². The van der Waals surface area contributed by atoms with Gasteiger partial charge in [-0.05, 0) is 18.8 Å². The number of amides is 1. The molecule has 0 bridgehead atoms. The minimum atomic E-state index is -0.627. The van der Waals surface area contributed by atoms with E-state index >= 15 is 0 Å². The zero-order valence-corrected chi connectivity index (χ0v) is 8.83. The molecule has 0 radical (unpaired) electrons. The molecule has 3 rings (SSSR count). The fourth-order valence-electron chi connectivity index (χ4n) is 2.21. The Morgan fingerprint density at radius 2 is 2.19 bits per heavy atom. The molecule has 1 aliphatic carbocycles. The van der Waals surface area contributed by atoms with Crippen LogP contribution in [-0.2, 0) is 0 Å². The Morgan fingerprint density at radius 1 is 1.44 bits per heavy atom. The molecule has 2 fully saturated rings. The van der Waals surface area contributed by atoms with Crippen LogP contribution in [0.25, 0.3) is 0 Å². The molecule has 1 aromatic heterocycles. The minimum absolute atomic E-state index is 0.140. The average Bonchev–Trinajstić information content (AvgIpc) is 3.09. The Kier molecular flexibility index (Phi) is 1.97. The van der Waals surface area contributed by atoms with E-state index in [1.165, 1.54) is 18.6 Å². The smallest absolute Gasteiger partial charge is 0.274 e. The summed E-state index contributed by atoms with van der Waals surface area (Å²) in [5, 5.41) is 10.1. The van der Waals surface area contributed by atoms with Gasteiger partial charge in [-0.1, -0.05) is 0 Å². The van der Waals surface area contributed by atoms with Crippen molar-refractivity contribution >= 4 is 5.91 Å². The first-order valence-electron chi connectivity index (χ1n) is 5.47. The summed E-state index contributed by atoms with van der Waals surface area (Å²) >= 11 is 0. The molecule has 0 unspecified atom stereocenters. The Hall–Kier alpha value is -1.49. The lowest BCUT2D eigenvalue weighted by atomic mass is 9.88. The lowest BCUT2D eigenvalue weighted by molar-refractivity contribution is -0.0959. The molecular weight excluding hydrogens is 206 g/mol. The molecule has 1 saturated heterocycles. The number of carbonyl (C=O) groups excluding carboxylic acids is 1. The lowest BCUT2D eigenvalue weighted by Gasteiger charge is -2.46. The number of hydrogen-bond donors (Lipinski definition) is 1. The Bertz CT molecular complexity index is 410. The van der Waals surface area contributed by atoms with E-state index in [-0.39, 0.29) is 5.91 Å². The Balaban J connectivity index is 1.66. The largest absolute Gasteiger partial charge is 0.386 e. The first-order valence-corrected chi connectivity index (χ1v) is 5.47. The quantitative estimate of drug-likeness (QED) is 0.764. The Labute approximate surface area is 93.1 Å². The highest BCUT2D eigenvalue weighted by Crippen LogP contribution is 2.44. The van der Waals surface area contributed by atoms with Crippen LogP contribution < -0.4 is 0 Å². The van der Waals surface area contributed by atoms with Crippen LogP contribution in [-0.4, -0.2) is 44.6 Å². The highest BCUT2D eigenvalue weighted by molar-refractivity contribution is 5.92. The molecule has 1 N–H and O–H groups in total.